The summed E-state index contributed by atoms with van der Waals surface area (Å²) < 4.78 is 0. The van der Waals surface area contributed by atoms with Crippen LogP contribution in [0.1, 0.15) is 41.5 Å². The number of hydrogen-bond acceptors (Lipinski definition) is 3. The van der Waals surface area contributed by atoms with Crippen molar-refractivity contribution in [2.45, 2.75) is 42.9 Å². The molecule has 0 aliphatic carbocycles. The highest BCUT2D eigenvalue weighted by Gasteiger charge is 2.44. The minimum Gasteiger partial charge on any atom is -0.358 e. The van der Waals surface area contributed by atoms with Crippen LogP contribution in [-0.2, 0) is 11.8 Å². The molecule has 2 aromatic rings. The van der Waals surface area contributed by atoms with Gasteiger partial charge < -0.3 is 10.2 Å². The van der Waals surface area contributed by atoms with Crippen LogP contribution in [0.25, 0.3) is 6.08 Å². The lowest BCUT2D eigenvalue weighted by Crippen LogP contribution is -2.43. The molecule has 0 saturated carbocycles. The number of nitrogens with one attached hydrogen (secondary N) is 1. The van der Waals surface area contributed by atoms with E-state index < -0.39 is 0 Å². The van der Waals surface area contributed by atoms with E-state index in [0.29, 0.717) is 0 Å². The van der Waals surface area contributed by atoms with E-state index in [1.165, 1.54) is 51.5 Å². The third-order valence-corrected chi connectivity index (χ3v) is 7.53. The number of piperidine rings is 1. The Labute approximate surface area is 180 Å². The van der Waals surface area contributed by atoms with E-state index in [1.54, 1.807) is 11.8 Å². The fourth-order valence-electron chi connectivity index (χ4n) is 4.94. The van der Waals surface area contributed by atoms with Crippen molar-refractivity contribution in [2.24, 2.45) is 0 Å². The van der Waals surface area contributed by atoms with Gasteiger partial charge in [-0.15, -0.1) is 11.8 Å². The van der Waals surface area contributed by atoms with Crippen LogP contribution < -0.4 is 5.32 Å². The first-order chi connectivity index (χ1) is 14.1. The number of likely N-dealkylation sites (tertiary alicyclic amines) is 1. The molecular weight excluding hydrogens is 372 g/mol. The number of hydrogen-bond donors (Lipinski definition) is 1. The van der Waals surface area contributed by atoms with Gasteiger partial charge in [0.1, 0.15) is 0 Å². The van der Waals surface area contributed by atoms with E-state index in [1.807, 2.05) is 6.08 Å². The van der Waals surface area contributed by atoms with Gasteiger partial charge in [-0.25, -0.2) is 0 Å². The maximum atomic E-state index is 4.39. The minimum absolute atomic E-state index is 0.129. The molecule has 1 N–H and O–H groups in total. The summed E-state index contributed by atoms with van der Waals surface area (Å²) in [5.74, 6) is 0. The molecule has 0 bridgehead atoms. The quantitative estimate of drug-likeness (QED) is 0.572. The molecule has 2 aromatic carbocycles. The van der Waals surface area contributed by atoms with Gasteiger partial charge in [-0.1, -0.05) is 49.1 Å². The van der Waals surface area contributed by atoms with Crippen LogP contribution in [0.3, 0.4) is 0 Å². The van der Waals surface area contributed by atoms with Crippen LogP contribution in [0.5, 0.6) is 0 Å². The first kappa shape index (κ1) is 20.3. The summed E-state index contributed by atoms with van der Waals surface area (Å²) >= 11 is 1.79. The summed E-state index contributed by atoms with van der Waals surface area (Å²) in [6.07, 6.45) is 8.77. The summed E-state index contributed by atoms with van der Waals surface area (Å²) in [6.45, 7) is 14.0. The topological polar surface area (TPSA) is 15.3 Å². The Morgan fingerprint density at radius 2 is 1.97 bits per heavy atom. The lowest BCUT2D eigenvalue weighted by Gasteiger charge is -2.40. The molecule has 1 spiro atoms. The molecule has 0 unspecified atom stereocenters. The lowest BCUT2D eigenvalue weighted by molar-refractivity contribution is 0.179. The summed E-state index contributed by atoms with van der Waals surface area (Å²) in [6, 6.07) is 13.6. The van der Waals surface area contributed by atoms with E-state index in [2.05, 4.69) is 73.0 Å². The highest BCUT2D eigenvalue weighted by molar-refractivity contribution is 7.98. The molecule has 29 heavy (non-hydrogen) atoms. The predicted molar refractivity (Wildman–Crippen MR) is 128 cm³/mol. The highest BCUT2D eigenvalue weighted by atomic mass is 32.2. The number of allylic oxidation sites excluding steroid dienone is 1. The van der Waals surface area contributed by atoms with E-state index >= 15 is 0 Å². The average molecular weight is 405 g/mol. The molecule has 0 atom stereocenters. The van der Waals surface area contributed by atoms with Crippen LogP contribution in [0.2, 0.25) is 0 Å². The van der Waals surface area contributed by atoms with Gasteiger partial charge in [0.05, 0.1) is 0 Å². The molecule has 0 radical (unpaired) electrons. The number of anilines is 1. The smallest absolute Gasteiger partial charge is 0.0424 e. The number of aryl methyl sites for hydroxylation is 2. The third-order valence-electron chi connectivity index (χ3n) is 6.72. The van der Waals surface area contributed by atoms with Gasteiger partial charge in [0.25, 0.3) is 0 Å². The number of benzene rings is 2. The van der Waals surface area contributed by atoms with E-state index in [9.17, 15) is 0 Å². The number of thioether (sulfide) groups is 1. The first-order valence-electron chi connectivity index (χ1n) is 10.6. The van der Waals surface area contributed by atoms with E-state index in [0.717, 1.165) is 32.4 Å². The normalized spacial score (nSPS) is 17.9. The van der Waals surface area contributed by atoms with Crippen LogP contribution in [-0.4, -0.2) is 30.8 Å². The zero-order valence-electron chi connectivity index (χ0n) is 17.8. The second kappa shape index (κ2) is 8.41. The van der Waals surface area contributed by atoms with Gasteiger partial charge in [-0.05, 0) is 87.3 Å². The van der Waals surface area contributed by atoms with Crippen LogP contribution in [0.4, 0.5) is 5.69 Å². The standard InChI is InChI=1S/C26H32N2S/c1-5-22-18-21(9-11-25(22)29-4)7-6-14-28-15-12-26(13-16-28)20(3)27-24-10-8-19(2)17-23(24)26/h5,8-11,17-18,27H,1,3,6-7,12-16H2,2,4H3. The van der Waals surface area contributed by atoms with Gasteiger partial charge in [0, 0.05) is 21.7 Å². The monoisotopic (exact) mass is 404 g/mol. The van der Waals surface area contributed by atoms with Gasteiger partial charge in [-0.3, -0.25) is 0 Å². The Bertz CT molecular complexity index is 922. The minimum atomic E-state index is 0.129. The molecule has 4 rings (SSSR count). The van der Waals surface area contributed by atoms with Crippen molar-refractivity contribution < 1.29 is 0 Å². The Morgan fingerprint density at radius 1 is 1.17 bits per heavy atom. The SMILES string of the molecule is C=Cc1cc(CCCN2CCC3(CC2)C(=C)Nc2ccc(C)cc23)ccc1SC. The van der Waals surface area contributed by atoms with Crippen molar-refractivity contribution in [2.75, 3.05) is 31.2 Å². The van der Waals surface area contributed by atoms with Gasteiger partial charge in [0.15, 0.2) is 0 Å². The van der Waals surface area contributed by atoms with E-state index in [-0.39, 0.29) is 5.41 Å². The molecule has 3 heteroatoms. The van der Waals surface area contributed by atoms with Crippen molar-refractivity contribution in [1.29, 1.82) is 0 Å². The van der Waals surface area contributed by atoms with Crippen LogP contribution in [0.15, 0.2) is 60.1 Å². The molecule has 1 saturated heterocycles. The highest BCUT2D eigenvalue weighted by Crippen LogP contribution is 2.49. The summed E-state index contributed by atoms with van der Waals surface area (Å²) in [7, 11) is 0. The average Bonchev–Trinajstić information content (AvgIpc) is 3.00. The second-order valence-electron chi connectivity index (χ2n) is 8.46. The fraction of sp³-hybridized carbons (Fsp3) is 0.385. The van der Waals surface area contributed by atoms with Crippen molar-refractivity contribution in [3.63, 3.8) is 0 Å². The number of rotatable bonds is 6. The van der Waals surface area contributed by atoms with Crippen molar-refractivity contribution in [3.8, 4) is 0 Å². The molecule has 1 fully saturated rings. The molecule has 2 heterocycles. The Morgan fingerprint density at radius 3 is 2.69 bits per heavy atom. The molecule has 2 nitrogen and oxygen atoms in total. The molecule has 2 aliphatic rings. The maximum absolute atomic E-state index is 4.39. The second-order valence-corrected chi connectivity index (χ2v) is 9.31. The molecule has 0 aromatic heterocycles. The fourth-order valence-corrected chi connectivity index (χ4v) is 5.52. The molecule has 152 valence electrons. The Hall–Kier alpha value is -1.97. The van der Waals surface area contributed by atoms with Crippen LogP contribution >= 0.6 is 11.8 Å². The van der Waals surface area contributed by atoms with Crippen LogP contribution in [0, 0.1) is 6.92 Å². The van der Waals surface area contributed by atoms with Gasteiger partial charge in [0.2, 0.25) is 0 Å². The number of fused-ring (bicyclic) bond motifs is 2. The summed E-state index contributed by atoms with van der Waals surface area (Å²) in [4.78, 5) is 3.95. The van der Waals surface area contributed by atoms with Crippen molar-refractivity contribution >= 4 is 23.5 Å². The number of nitrogens with zero attached hydrogens (tertiary/aromatic N) is 1. The lowest BCUT2D eigenvalue weighted by atomic mass is 9.72. The maximum Gasteiger partial charge on any atom is 0.0424 e. The first-order valence-corrected chi connectivity index (χ1v) is 11.9. The van der Waals surface area contributed by atoms with Crippen molar-refractivity contribution in [3.05, 3.63) is 77.5 Å². The Kier molecular flexibility index (Phi) is 5.89. The predicted octanol–water partition coefficient (Wildman–Crippen LogP) is 6.27. The largest absolute Gasteiger partial charge is 0.358 e. The van der Waals surface area contributed by atoms with Gasteiger partial charge in [-0.2, -0.15) is 0 Å². The summed E-state index contributed by atoms with van der Waals surface area (Å²) in [5, 5.41) is 3.56. The zero-order chi connectivity index (χ0) is 20.4. The molecular formula is C26H32N2S. The Balaban J connectivity index is 1.34. The zero-order valence-corrected chi connectivity index (χ0v) is 18.6. The van der Waals surface area contributed by atoms with E-state index in [4.69, 9.17) is 0 Å². The summed E-state index contributed by atoms with van der Waals surface area (Å²) in [5.41, 5.74) is 8.08. The molecule has 0 amide bonds. The van der Waals surface area contributed by atoms with Crippen molar-refractivity contribution in [1.82, 2.24) is 4.90 Å². The molecule has 2 aliphatic heterocycles. The van der Waals surface area contributed by atoms with Gasteiger partial charge >= 0.3 is 0 Å². The third kappa shape index (κ3) is 3.91.